The highest BCUT2D eigenvalue weighted by Crippen LogP contribution is 2.25. The molecular formula is C11H13NO4. The second-order valence-corrected chi connectivity index (χ2v) is 3.87. The summed E-state index contributed by atoms with van der Waals surface area (Å²) in [5.41, 5.74) is 0.132. The molecule has 5 heteroatoms. The zero-order valence-electron chi connectivity index (χ0n) is 8.73. The molecule has 1 saturated heterocycles. The van der Waals surface area contributed by atoms with Crippen LogP contribution < -0.4 is 5.56 Å². The lowest BCUT2D eigenvalue weighted by Gasteiger charge is -2.22. The first-order valence-electron chi connectivity index (χ1n) is 5.22. The van der Waals surface area contributed by atoms with E-state index in [-0.39, 0.29) is 11.5 Å². The number of aromatic amines is 1. The molecule has 86 valence electrons. The fourth-order valence-electron chi connectivity index (χ4n) is 1.93. The third kappa shape index (κ3) is 2.14. The fraction of sp³-hybridized carbons (Fsp3) is 0.455. The van der Waals surface area contributed by atoms with Gasteiger partial charge in [-0.05, 0) is 30.4 Å². The van der Waals surface area contributed by atoms with E-state index in [1.807, 2.05) is 0 Å². The van der Waals surface area contributed by atoms with Gasteiger partial charge in [-0.1, -0.05) is 0 Å². The van der Waals surface area contributed by atoms with Gasteiger partial charge in [0.2, 0.25) is 0 Å². The van der Waals surface area contributed by atoms with Gasteiger partial charge in [-0.25, -0.2) is 4.79 Å². The van der Waals surface area contributed by atoms with Crippen molar-refractivity contribution < 1.29 is 14.6 Å². The third-order valence-corrected chi connectivity index (χ3v) is 2.85. The number of carboxylic acids is 1. The van der Waals surface area contributed by atoms with E-state index in [0.717, 1.165) is 18.4 Å². The molecule has 16 heavy (non-hydrogen) atoms. The Morgan fingerprint density at radius 2 is 2.12 bits per heavy atom. The summed E-state index contributed by atoms with van der Waals surface area (Å²) in [6.07, 6.45) is 3.33. The van der Waals surface area contributed by atoms with Crippen LogP contribution in [-0.2, 0) is 4.74 Å². The topological polar surface area (TPSA) is 79.4 Å². The van der Waals surface area contributed by atoms with Crippen LogP contribution in [0.15, 0.2) is 17.1 Å². The second-order valence-electron chi connectivity index (χ2n) is 3.87. The fourth-order valence-corrected chi connectivity index (χ4v) is 1.93. The number of aromatic nitrogens is 1. The molecule has 0 unspecified atom stereocenters. The summed E-state index contributed by atoms with van der Waals surface area (Å²) in [4.78, 5) is 24.5. The van der Waals surface area contributed by atoms with Gasteiger partial charge in [0, 0.05) is 19.4 Å². The van der Waals surface area contributed by atoms with E-state index < -0.39 is 11.5 Å². The first-order chi connectivity index (χ1) is 7.68. The molecule has 5 nitrogen and oxygen atoms in total. The van der Waals surface area contributed by atoms with Gasteiger partial charge in [0.15, 0.2) is 0 Å². The molecule has 0 atom stereocenters. The smallest absolute Gasteiger partial charge is 0.341 e. The maximum absolute atomic E-state index is 11.2. The van der Waals surface area contributed by atoms with Crippen molar-refractivity contribution in [2.75, 3.05) is 13.2 Å². The van der Waals surface area contributed by atoms with Gasteiger partial charge in [0.05, 0.1) is 0 Å². The van der Waals surface area contributed by atoms with Crippen LogP contribution in [0.4, 0.5) is 0 Å². The average Bonchev–Trinajstić information content (AvgIpc) is 2.30. The van der Waals surface area contributed by atoms with E-state index in [9.17, 15) is 9.59 Å². The van der Waals surface area contributed by atoms with Crippen molar-refractivity contribution in [3.63, 3.8) is 0 Å². The molecule has 0 bridgehead atoms. The highest BCUT2D eigenvalue weighted by Gasteiger charge is 2.18. The maximum atomic E-state index is 11.2. The molecule has 1 aromatic heterocycles. The Kier molecular flexibility index (Phi) is 3.05. The minimum Gasteiger partial charge on any atom is -0.477 e. The van der Waals surface area contributed by atoms with Crippen LogP contribution in [0.3, 0.4) is 0 Å². The maximum Gasteiger partial charge on any atom is 0.341 e. The molecule has 0 aliphatic carbocycles. The zero-order valence-corrected chi connectivity index (χ0v) is 8.73. The molecule has 0 radical (unpaired) electrons. The van der Waals surface area contributed by atoms with Crippen LogP contribution in [0.2, 0.25) is 0 Å². The number of carbonyl (C=O) groups is 1. The Morgan fingerprint density at radius 3 is 2.75 bits per heavy atom. The molecule has 1 aromatic rings. The highest BCUT2D eigenvalue weighted by atomic mass is 16.5. The van der Waals surface area contributed by atoms with Gasteiger partial charge < -0.3 is 14.8 Å². The van der Waals surface area contributed by atoms with E-state index in [2.05, 4.69) is 4.98 Å². The summed E-state index contributed by atoms with van der Waals surface area (Å²) < 4.78 is 5.23. The van der Waals surface area contributed by atoms with E-state index in [4.69, 9.17) is 9.84 Å². The first-order valence-corrected chi connectivity index (χ1v) is 5.22. The quantitative estimate of drug-likeness (QED) is 0.782. The molecule has 0 aromatic carbocycles. The molecule has 0 amide bonds. The van der Waals surface area contributed by atoms with Gasteiger partial charge >= 0.3 is 5.97 Å². The Bertz CT molecular complexity index is 446. The summed E-state index contributed by atoms with van der Waals surface area (Å²) >= 11 is 0. The van der Waals surface area contributed by atoms with Gasteiger partial charge in [-0.3, -0.25) is 4.79 Å². The van der Waals surface area contributed by atoms with Gasteiger partial charge in [-0.2, -0.15) is 0 Å². The SMILES string of the molecule is O=C(O)c1cc(C2CCOCC2)c[nH]c1=O. The van der Waals surface area contributed by atoms with Crippen LogP contribution in [-0.4, -0.2) is 29.3 Å². The van der Waals surface area contributed by atoms with Crippen LogP contribution in [0.25, 0.3) is 0 Å². The van der Waals surface area contributed by atoms with Crippen LogP contribution in [0.1, 0.15) is 34.7 Å². The molecule has 1 fully saturated rings. The lowest BCUT2D eigenvalue weighted by molar-refractivity contribution is 0.0694. The van der Waals surface area contributed by atoms with Crippen LogP contribution in [0, 0.1) is 0 Å². The van der Waals surface area contributed by atoms with E-state index in [0.29, 0.717) is 13.2 Å². The van der Waals surface area contributed by atoms with Crippen molar-refractivity contribution in [2.45, 2.75) is 18.8 Å². The Hall–Kier alpha value is -1.62. The minimum atomic E-state index is -1.19. The second kappa shape index (κ2) is 4.49. The Labute approximate surface area is 92.1 Å². The molecule has 0 saturated carbocycles. The number of aromatic carboxylic acids is 1. The molecule has 2 N–H and O–H groups in total. The third-order valence-electron chi connectivity index (χ3n) is 2.85. The summed E-state index contributed by atoms with van der Waals surface area (Å²) in [6.45, 7) is 1.37. The van der Waals surface area contributed by atoms with Crippen molar-refractivity contribution in [1.29, 1.82) is 0 Å². The lowest BCUT2D eigenvalue weighted by Crippen LogP contribution is -2.20. The zero-order chi connectivity index (χ0) is 11.5. The van der Waals surface area contributed by atoms with E-state index in [1.54, 1.807) is 6.20 Å². The number of ether oxygens (including phenoxy) is 1. The lowest BCUT2D eigenvalue weighted by atomic mass is 9.92. The molecule has 1 aliphatic heterocycles. The summed E-state index contributed by atoms with van der Waals surface area (Å²) in [5.74, 6) is -0.904. The molecular weight excluding hydrogens is 210 g/mol. The van der Waals surface area contributed by atoms with E-state index >= 15 is 0 Å². The Balaban J connectivity index is 2.31. The minimum absolute atomic E-state index is 0.191. The van der Waals surface area contributed by atoms with Crippen molar-refractivity contribution in [2.24, 2.45) is 0 Å². The molecule has 1 aliphatic rings. The predicted octanol–water partition coefficient (Wildman–Crippen LogP) is 0.967. The summed E-state index contributed by atoms with van der Waals surface area (Å²) in [7, 11) is 0. The normalized spacial score (nSPS) is 17.2. The number of hydrogen-bond donors (Lipinski definition) is 2. The first kappa shape index (κ1) is 10.9. The Morgan fingerprint density at radius 1 is 1.44 bits per heavy atom. The monoisotopic (exact) mass is 223 g/mol. The predicted molar refractivity (Wildman–Crippen MR) is 56.8 cm³/mol. The van der Waals surface area contributed by atoms with Crippen molar-refractivity contribution in [3.8, 4) is 0 Å². The van der Waals surface area contributed by atoms with Crippen LogP contribution in [0.5, 0.6) is 0 Å². The number of H-pyrrole nitrogens is 1. The van der Waals surface area contributed by atoms with Gasteiger partial charge in [-0.15, -0.1) is 0 Å². The number of hydrogen-bond acceptors (Lipinski definition) is 3. The summed E-state index contributed by atoms with van der Waals surface area (Å²) in [5, 5.41) is 8.84. The van der Waals surface area contributed by atoms with Gasteiger partial charge in [0.25, 0.3) is 5.56 Å². The molecule has 2 heterocycles. The number of rotatable bonds is 2. The summed E-state index contributed by atoms with van der Waals surface area (Å²) in [6, 6.07) is 1.47. The number of nitrogens with one attached hydrogen (secondary N) is 1. The number of carboxylic acid groups (broad SMARTS) is 1. The van der Waals surface area contributed by atoms with Crippen molar-refractivity contribution >= 4 is 5.97 Å². The average molecular weight is 223 g/mol. The highest BCUT2D eigenvalue weighted by molar-refractivity contribution is 5.87. The largest absolute Gasteiger partial charge is 0.477 e. The molecule has 2 rings (SSSR count). The standard InChI is InChI=1S/C11H13NO4/c13-10-9(11(14)15)5-8(6-12-10)7-1-3-16-4-2-7/h5-7H,1-4H2,(H,12,13)(H,14,15). The van der Waals surface area contributed by atoms with Gasteiger partial charge in [0.1, 0.15) is 5.56 Å². The van der Waals surface area contributed by atoms with Crippen molar-refractivity contribution in [1.82, 2.24) is 4.98 Å². The van der Waals surface area contributed by atoms with E-state index in [1.165, 1.54) is 6.07 Å². The molecule has 0 spiro atoms. The van der Waals surface area contributed by atoms with Crippen molar-refractivity contribution in [3.05, 3.63) is 33.7 Å². The van der Waals surface area contributed by atoms with Crippen LogP contribution >= 0.6 is 0 Å². The number of pyridine rings is 1.